The van der Waals surface area contributed by atoms with Crippen LogP contribution in [0.1, 0.15) is 37.7 Å². The summed E-state index contributed by atoms with van der Waals surface area (Å²) < 4.78 is 0. The Morgan fingerprint density at radius 1 is 1.16 bits per heavy atom. The molecule has 1 saturated carbocycles. The zero-order valence-corrected chi connectivity index (χ0v) is 14.8. The van der Waals surface area contributed by atoms with E-state index in [0.29, 0.717) is 31.4 Å². The number of benzene rings is 1. The van der Waals surface area contributed by atoms with Crippen LogP contribution in [0.25, 0.3) is 0 Å². The van der Waals surface area contributed by atoms with E-state index in [1.54, 1.807) is 25.1 Å². The lowest BCUT2D eigenvalue weighted by atomic mass is 9.78. The molecule has 0 aromatic heterocycles. The Labute approximate surface area is 148 Å². The van der Waals surface area contributed by atoms with Gasteiger partial charge in [-0.1, -0.05) is 25.0 Å². The second-order valence-corrected chi connectivity index (χ2v) is 6.81. The number of carboxylic acid groups (broad SMARTS) is 1. The Hall–Kier alpha value is -2.37. The molecule has 0 bridgehead atoms. The fourth-order valence-electron chi connectivity index (χ4n) is 3.25. The molecule has 0 unspecified atom stereocenters. The number of carbonyl (C=O) groups excluding carboxylic acids is 2. The average Bonchev–Trinajstić information content (AvgIpc) is 2.59. The van der Waals surface area contributed by atoms with E-state index in [0.717, 1.165) is 18.4 Å². The Kier molecular flexibility index (Phi) is 6.56. The molecule has 2 rings (SSSR count). The number of aliphatic carboxylic acids is 1. The van der Waals surface area contributed by atoms with Gasteiger partial charge in [-0.05, 0) is 37.0 Å². The molecule has 1 aliphatic carbocycles. The van der Waals surface area contributed by atoms with Gasteiger partial charge in [0.1, 0.15) is 0 Å². The van der Waals surface area contributed by atoms with Crippen molar-refractivity contribution in [2.75, 3.05) is 19.4 Å². The van der Waals surface area contributed by atoms with Crippen molar-refractivity contribution in [2.24, 2.45) is 11.8 Å². The molecule has 6 nitrogen and oxygen atoms in total. The van der Waals surface area contributed by atoms with E-state index in [-0.39, 0.29) is 11.8 Å². The first kappa shape index (κ1) is 19.0. The van der Waals surface area contributed by atoms with E-state index < -0.39 is 17.8 Å². The first-order chi connectivity index (χ1) is 11.9. The Morgan fingerprint density at radius 3 is 2.48 bits per heavy atom. The van der Waals surface area contributed by atoms with Crippen LogP contribution in [-0.2, 0) is 20.8 Å². The molecule has 0 aliphatic heterocycles. The monoisotopic (exact) mass is 346 g/mol. The summed E-state index contributed by atoms with van der Waals surface area (Å²) in [7, 11) is 3.45. The third-order valence-electron chi connectivity index (χ3n) is 4.74. The van der Waals surface area contributed by atoms with Gasteiger partial charge in [-0.3, -0.25) is 14.4 Å². The predicted molar refractivity (Wildman–Crippen MR) is 95.2 cm³/mol. The molecular formula is C19H26N2O4. The van der Waals surface area contributed by atoms with E-state index in [4.69, 9.17) is 0 Å². The van der Waals surface area contributed by atoms with Gasteiger partial charge < -0.3 is 15.3 Å². The van der Waals surface area contributed by atoms with Gasteiger partial charge in [0.2, 0.25) is 11.8 Å². The molecule has 2 atom stereocenters. The van der Waals surface area contributed by atoms with Crippen molar-refractivity contribution in [1.29, 1.82) is 0 Å². The highest BCUT2D eigenvalue weighted by Gasteiger charge is 2.35. The largest absolute Gasteiger partial charge is 0.481 e. The van der Waals surface area contributed by atoms with Gasteiger partial charge in [0.15, 0.2) is 0 Å². The smallest absolute Gasteiger partial charge is 0.307 e. The second-order valence-electron chi connectivity index (χ2n) is 6.81. The van der Waals surface area contributed by atoms with Crippen molar-refractivity contribution in [1.82, 2.24) is 4.90 Å². The van der Waals surface area contributed by atoms with E-state index in [2.05, 4.69) is 5.32 Å². The van der Waals surface area contributed by atoms with Gasteiger partial charge in [0, 0.05) is 26.2 Å². The summed E-state index contributed by atoms with van der Waals surface area (Å²) in [6, 6.07) is 7.38. The summed E-state index contributed by atoms with van der Waals surface area (Å²) in [6.45, 7) is 0. The molecule has 0 spiro atoms. The summed E-state index contributed by atoms with van der Waals surface area (Å²) in [5.74, 6) is -2.15. The van der Waals surface area contributed by atoms with E-state index in [1.165, 1.54) is 0 Å². The zero-order chi connectivity index (χ0) is 18.4. The van der Waals surface area contributed by atoms with E-state index in [9.17, 15) is 19.5 Å². The lowest BCUT2D eigenvalue weighted by molar-refractivity contribution is -0.147. The highest BCUT2D eigenvalue weighted by Crippen LogP contribution is 2.31. The van der Waals surface area contributed by atoms with E-state index in [1.807, 2.05) is 18.2 Å². The lowest BCUT2D eigenvalue weighted by Gasteiger charge is -2.27. The van der Waals surface area contributed by atoms with Crippen LogP contribution in [0, 0.1) is 11.8 Å². The first-order valence-corrected chi connectivity index (χ1v) is 8.71. The quantitative estimate of drug-likeness (QED) is 0.829. The molecular weight excluding hydrogens is 320 g/mol. The maximum Gasteiger partial charge on any atom is 0.307 e. The molecule has 1 aliphatic rings. The summed E-state index contributed by atoms with van der Waals surface area (Å²) >= 11 is 0. The van der Waals surface area contributed by atoms with Crippen molar-refractivity contribution >= 4 is 23.5 Å². The number of carboxylic acids is 1. The van der Waals surface area contributed by atoms with Crippen LogP contribution >= 0.6 is 0 Å². The van der Waals surface area contributed by atoms with Crippen molar-refractivity contribution in [3.63, 3.8) is 0 Å². The number of nitrogens with zero attached hydrogens (tertiary/aromatic N) is 1. The minimum atomic E-state index is -0.893. The van der Waals surface area contributed by atoms with Crippen molar-refractivity contribution in [2.45, 2.75) is 38.5 Å². The minimum absolute atomic E-state index is 0.0564. The normalized spacial score (nSPS) is 19.9. The van der Waals surface area contributed by atoms with Crippen molar-refractivity contribution in [3.05, 3.63) is 29.8 Å². The molecule has 0 radical (unpaired) electrons. The number of anilines is 1. The fraction of sp³-hybridized carbons (Fsp3) is 0.526. The Balaban J connectivity index is 1.99. The molecule has 6 heteroatoms. The number of aryl methyl sites for hydroxylation is 1. The highest BCUT2D eigenvalue weighted by atomic mass is 16.4. The molecule has 1 aromatic carbocycles. The van der Waals surface area contributed by atoms with Crippen LogP contribution in [0.15, 0.2) is 24.3 Å². The maximum atomic E-state index is 12.5. The van der Waals surface area contributed by atoms with Crippen molar-refractivity contribution < 1.29 is 19.5 Å². The number of hydrogen-bond acceptors (Lipinski definition) is 3. The third kappa shape index (κ3) is 5.31. The second kappa shape index (κ2) is 8.65. The molecule has 136 valence electrons. The van der Waals surface area contributed by atoms with Gasteiger partial charge in [-0.2, -0.15) is 0 Å². The number of amides is 2. The summed E-state index contributed by atoms with van der Waals surface area (Å²) in [4.78, 5) is 37.1. The molecule has 1 aromatic rings. The van der Waals surface area contributed by atoms with Crippen LogP contribution in [0.3, 0.4) is 0 Å². The number of hydrogen-bond donors (Lipinski definition) is 2. The SMILES string of the molecule is CN(C)C(=O)CCc1cccc(NC(=O)[C@@H]2CCCC[C@@H]2C(=O)O)c1. The van der Waals surface area contributed by atoms with Crippen LogP contribution in [0.5, 0.6) is 0 Å². The average molecular weight is 346 g/mol. The number of nitrogens with one attached hydrogen (secondary N) is 1. The van der Waals surface area contributed by atoms with Gasteiger partial charge >= 0.3 is 5.97 Å². The summed E-state index contributed by atoms with van der Waals surface area (Å²) in [6.07, 6.45) is 3.92. The van der Waals surface area contributed by atoms with Gasteiger partial charge in [-0.15, -0.1) is 0 Å². The molecule has 0 saturated heterocycles. The standard InChI is InChI=1S/C19H26N2O4/c1-21(2)17(22)11-10-13-6-5-7-14(12-13)20-18(23)15-8-3-4-9-16(15)19(24)25/h5-7,12,15-16H,3-4,8-11H2,1-2H3,(H,20,23)(H,24,25)/t15-,16+/m1/s1. The van der Waals surface area contributed by atoms with Crippen LogP contribution in [0.4, 0.5) is 5.69 Å². The Bertz CT molecular complexity index is 642. The summed E-state index contributed by atoms with van der Waals surface area (Å²) in [5.41, 5.74) is 1.61. The topological polar surface area (TPSA) is 86.7 Å². The summed E-state index contributed by atoms with van der Waals surface area (Å²) in [5, 5.41) is 12.2. The molecule has 2 N–H and O–H groups in total. The van der Waals surface area contributed by atoms with Crippen LogP contribution in [-0.4, -0.2) is 41.9 Å². The van der Waals surface area contributed by atoms with Gasteiger partial charge in [-0.25, -0.2) is 0 Å². The lowest BCUT2D eigenvalue weighted by Crippen LogP contribution is -2.36. The first-order valence-electron chi connectivity index (χ1n) is 8.71. The Morgan fingerprint density at radius 2 is 1.84 bits per heavy atom. The number of rotatable bonds is 6. The third-order valence-corrected chi connectivity index (χ3v) is 4.74. The van der Waals surface area contributed by atoms with Crippen LogP contribution < -0.4 is 5.32 Å². The molecule has 1 fully saturated rings. The fourth-order valence-corrected chi connectivity index (χ4v) is 3.25. The minimum Gasteiger partial charge on any atom is -0.481 e. The highest BCUT2D eigenvalue weighted by molar-refractivity contribution is 5.95. The number of carbonyl (C=O) groups is 3. The maximum absolute atomic E-state index is 12.5. The van der Waals surface area contributed by atoms with Gasteiger partial charge in [0.05, 0.1) is 11.8 Å². The van der Waals surface area contributed by atoms with E-state index >= 15 is 0 Å². The molecule has 25 heavy (non-hydrogen) atoms. The molecule has 0 heterocycles. The van der Waals surface area contributed by atoms with Crippen molar-refractivity contribution in [3.8, 4) is 0 Å². The van der Waals surface area contributed by atoms with Gasteiger partial charge in [0.25, 0.3) is 0 Å². The van der Waals surface area contributed by atoms with Crippen LogP contribution in [0.2, 0.25) is 0 Å². The molecule has 2 amide bonds. The zero-order valence-electron chi connectivity index (χ0n) is 14.8. The predicted octanol–water partition coefficient (Wildman–Crippen LogP) is 2.54.